The molecule has 1 aromatic carbocycles. The Morgan fingerprint density at radius 1 is 1.23 bits per heavy atom. The molecule has 1 N–H and O–H groups in total. The van der Waals surface area contributed by atoms with Crippen molar-refractivity contribution < 1.29 is 13.2 Å². The first kappa shape index (κ1) is 18.5. The molecule has 1 aromatic rings. The summed E-state index contributed by atoms with van der Waals surface area (Å²) in [5.41, 5.74) is 2.32. The topological polar surface area (TPSA) is 66.5 Å². The number of sulfonamides is 1. The van der Waals surface area contributed by atoms with Gasteiger partial charge in [-0.3, -0.25) is 9.10 Å². The Morgan fingerprint density at radius 3 is 2.32 bits per heavy atom. The van der Waals surface area contributed by atoms with Crippen molar-refractivity contribution in [3.63, 3.8) is 0 Å². The van der Waals surface area contributed by atoms with Gasteiger partial charge in [0.1, 0.15) is 6.54 Å². The number of amides is 1. The van der Waals surface area contributed by atoms with Gasteiger partial charge in [0.15, 0.2) is 0 Å². The molecule has 0 aliphatic heterocycles. The second kappa shape index (κ2) is 7.13. The Labute approximate surface area is 133 Å². The highest BCUT2D eigenvalue weighted by molar-refractivity contribution is 7.92. The molecular weight excluding hydrogens is 300 g/mol. The number of hydrogen-bond acceptors (Lipinski definition) is 3. The van der Waals surface area contributed by atoms with Crippen LogP contribution in [0.5, 0.6) is 0 Å². The summed E-state index contributed by atoms with van der Waals surface area (Å²) in [6, 6.07) is 5.56. The first-order chi connectivity index (χ1) is 10.0. The van der Waals surface area contributed by atoms with E-state index >= 15 is 0 Å². The minimum Gasteiger partial charge on any atom is -0.352 e. The van der Waals surface area contributed by atoms with Crippen molar-refractivity contribution in [3.8, 4) is 0 Å². The Balaban J connectivity index is 3.06. The lowest BCUT2D eigenvalue weighted by molar-refractivity contribution is -0.120. The molecule has 0 heterocycles. The number of carbonyl (C=O) groups excluding carboxylic acids is 1. The normalized spacial score (nSPS) is 13.0. The average Bonchev–Trinajstić information content (AvgIpc) is 2.37. The van der Waals surface area contributed by atoms with Gasteiger partial charge in [0.25, 0.3) is 0 Å². The van der Waals surface area contributed by atoms with Crippen LogP contribution in [0, 0.1) is 19.8 Å². The van der Waals surface area contributed by atoms with Crippen LogP contribution >= 0.6 is 0 Å². The van der Waals surface area contributed by atoms with Gasteiger partial charge in [0.2, 0.25) is 15.9 Å². The van der Waals surface area contributed by atoms with Crippen LogP contribution in [0.2, 0.25) is 0 Å². The molecule has 0 aliphatic carbocycles. The predicted octanol–water partition coefficient (Wildman–Crippen LogP) is 2.23. The zero-order chi connectivity index (χ0) is 17.1. The third-order valence-corrected chi connectivity index (χ3v) is 4.84. The van der Waals surface area contributed by atoms with Crippen LogP contribution in [-0.4, -0.2) is 33.2 Å². The zero-order valence-electron chi connectivity index (χ0n) is 14.2. The van der Waals surface area contributed by atoms with Crippen LogP contribution in [0.3, 0.4) is 0 Å². The lowest BCUT2D eigenvalue weighted by Crippen LogP contribution is -2.44. The van der Waals surface area contributed by atoms with Crippen LogP contribution in [-0.2, 0) is 14.8 Å². The number of nitrogens with one attached hydrogen (secondary N) is 1. The van der Waals surface area contributed by atoms with Gasteiger partial charge in [-0.1, -0.05) is 26.0 Å². The fourth-order valence-corrected chi connectivity index (χ4v) is 2.87. The van der Waals surface area contributed by atoms with E-state index in [-0.39, 0.29) is 24.4 Å². The molecule has 1 atom stereocenters. The number of nitrogens with zero attached hydrogens (tertiary/aromatic N) is 1. The lowest BCUT2D eigenvalue weighted by Gasteiger charge is -2.25. The Morgan fingerprint density at radius 2 is 1.82 bits per heavy atom. The molecule has 0 bridgehead atoms. The van der Waals surface area contributed by atoms with Crippen LogP contribution in [0.15, 0.2) is 18.2 Å². The van der Waals surface area contributed by atoms with E-state index < -0.39 is 10.0 Å². The van der Waals surface area contributed by atoms with Crippen LogP contribution in [0.1, 0.15) is 31.9 Å². The number of benzene rings is 1. The summed E-state index contributed by atoms with van der Waals surface area (Å²) in [4.78, 5) is 12.2. The van der Waals surface area contributed by atoms with E-state index in [0.717, 1.165) is 21.7 Å². The van der Waals surface area contributed by atoms with E-state index in [0.29, 0.717) is 5.69 Å². The summed E-state index contributed by atoms with van der Waals surface area (Å²) < 4.78 is 25.4. The van der Waals surface area contributed by atoms with Crippen molar-refractivity contribution >= 4 is 21.6 Å². The molecule has 124 valence electrons. The molecule has 0 spiro atoms. The first-order valence-electron chi connectivity index (χ1n) is 7.36. The quantitative estimate of drug-likeness (QED) is 0.872. The highest BCUT2D eigenvalue weighted by atomic mass is 32.2. The standard InChI is InChI=1S/C16H26N2O3S/c1-11(2)14(5)17-16(19)10-18(22(6,20)21)15-9-12(3)7-8-13(15)4/h7-9,11,14H,10H2,1-6H3,(H,17,19). The van der Waals surface area contributed by atoms with E-state index in [1.54, 1.807) is 6.07 Å². The largest absolute Gasteiger partial charge is 0.352 e. The molecule has 1 amide bonds. The summed E-state index contributed by atoms with van der Waals surface area (Å²) in [5.74, 6) is -0.0103. The first-order valence-corrected chi connectivity index (χ1v) is 9.21. The summed E-state index contributed by atoms with van der Waals surface area (Å²) >= 11 is 0. The minimum absolute atomic E-state index is 0.00693. The van der Waals surface area contributed by atoms with E-state index in [4.69, 9.17) is 0 Å². The van der Waals surface area contributed by atoms with Crippen LogP contribution < -0.4 is 9.62 Å². The van der Waals surface area contributed by atoms with Gasteiger partial charge in [0, 0.05) is 6.04 Å². The molecule has 22 heavy (non-hydrogen) atoms. The third-order valence-electron chi connectivity index (χ3n) is 3.71. The van der Waals surface area contributed by atoms with Gasteiger partial charge in [-0.15, -0.1) is 0 Å². The van der Waals surface area contributed by atoms with E-state index in [1.165, 1.54) is 0 Å². The Kier molecular flexibility index (Phi) is 6.00. The van der Waals surface area contributed by atoms with Crippen molar-refractivity contribution in [2.24, 2.45) is 5.92 Å². The lowest BCUT2D eigenvalue weighted by atomic mass is 10.1. The van der Waals surface area contributed by atoms with Crippen LogP contribution in [0.4, 0.5) is 5.69 Å². The molecule has 6 heteroatoms. The summed E-state index contributed by atoms with van der Waals surface area (Å²) in [6.45, 7) is 9.44. The minimum atomic E-state index is -3.54. The molecular formula is C16H26N2O3S. The molecule has 1 rings (SSSR count). The molecule has 0 saturated heterocycles. The van der Waals surface area contributed by atoms with Crippen molar-refractivity contribution in [1.29, 1.82) is 0 Å². The van der Waals surface area contributed by atoms with Crippen molar-refractivity contribution in [3.05, 3.63) is 29.3 Å². The fraction of sp³-hybridized carbons (Fsp3) is 0.562. The molecule has 5 nitrogen and oxygen atoms in total. The maximum Gasteiger partial charge on any atom is 0.240 e. The average molecular weight is 326 g/mol. The summed E-state index contributed by atoms with van der Waals surface area (Å²) in [7, 11) is -3.54. The number of rotatable bonds is 6. The third kappa shape index (κ3) is 5.02. The highest BCUT2D eigenvalue weighted by Crippen LogP contribution is 2.23. The van der Waals surface area contributed by atoms with E-state index in [9.17, 15) is 13.2 Å². The van der Waals surface area contributed by atoms with Crippen molar-refractivity contribution in [1.82, 2.24) is 5.32 Å². The van der Waals surface area contributed by atoms with Gasteiger partial charge in [-0.05, 0) is 43.9 Å². The number of aryl methyl sites for hydroxylation is 2. The number of hydrogen-bond donors (Lipinski definition) is 1. The maximum atomic E-state index is 12.2. The monoisotopic (exact) mass is 326 g/mol. The maximum absolute atomic E-state index is 12.2. The van der Waals surface area contributed by atoms with Gasteiger partial charge >= 0.3 is 0 Å². The summed E-state index contributed by atoms with van der Waals surface area (Å²) in [5, 5.41) is 2.84. The van der Waals surface area contributed by atoms with Crippen molar-refractivity contribution in [2.45, 2.75) is 40.7 Å². The highest BCUT2D eigenvalue weighted by Gasteiger charge is 2.23. The van der Waals surface area contributed by atoms with E-state index in [2.05, 4.69) is 5.32 Å². The second-order valence-corrected chi connectivity index (χ2v) is 8.07. The van der Waals surface area contributed by atoms with Gasteiger partial charge < -0.3 is 5.32 Å². The van der Waals surface area contributed by atoms with Gasteiger partial charge in [-0.2, -0.15) is 0 Å². The van der Waals surface area contributed by atoms with Crippen LogP contribution in [0.25, 0.3) is 0 Å². The predicted molar refractivity (Wildman–Crippen MR) is 90.5 cm³/mol. The van der Waals surface area contributed by atoms with Gasteiger partial charge in [-0.25, -0.2) is 8.42 Å². The van der Waals surface area contributed by atoms with E-state index in [1.807, 2.05) is 46.8 Å². The van der Waals surface area contributed by atoms with Crippen molar-refractivity contribution in [2.75, 3.05) is 17.1 Å². The molecule has 0 fully saturated rings. The second-order valence-electron chi connectivity index (χ2n) is 6.16. The molecule has 0 aliphatic rings. The zero-order valence-corrected chi connectivity index (χ0v) is 15.0. The fourth-order valence-electron chi connectivity index (χ4n) is 1.97. The Hall–Kier alpha value is -1.56. The van der Waals surface area contributed by atoms with Gasteiger partial charge in [0.05, 0.1) is 11.9 Å². The molecule has 0 radical (unpaired) electrons. The number of anilines is 1. The molecule has 0 saturated carbocycles. The smallest absolute Gasteiger partial charge is 0.240 e. The molecule has 1 unspecified atom stereocenters. The number of carbonyl (C=O) groups is 1. The SMILES string of the molecule is Cc1ccc(C)c(N(CC(=O)NC(C)C(C)C)S(C)(=O)=O)c1. The summed E-state index contributed by atoms with van der Waals surface area (Å²) in [6.07, 6.45) is 1.12. The Bertz CT molecular complexity index is 639. The molecule has 0 aromatic heterocycles.